The van der Waals surface area contributed by atoms with E-state index in [-0.39, 0.29) is 17.5 Å². The number of hydrogen-bond acceptors (Lipinski definition) is 4. The van der Waals surface area contributed by atoms with E-state index in [1.54, 1.807) is 10.7 Å². The first-order valence-electron chi connectivity index (χ1n) is 8.82. The summed E-state index contributed by atoms with van der Waals surface area (Å²) in [6.07, 6.45) is 6.34. The van der Waals surface area contributed by atoms with Crippen LogP contribution in [-0.4, -0.2) is 46.3 Å². The van der Waals surface area contributed by atoms with Crippen LogP contribution in [0.5, 0.6) is 0 Å². The maximum absolute atomic E-state index is 12.2. The summed E-state index contributed by atoms with van der Waals surface area (Å²) in [7, 11) is 0. The number of nitrogens with one attached hydrogen (secondary N) is 1. The molecule has 2 fully saturated rings. The highest BCUT2D eigenvalue weighted by atomic mass is 16.2. The van der Waals surface area contributed by atoms with Crippen molar-refractivity contribution in [2.75, 3.05) is 19.6 Å². The van der Waals surface area contributed by atoms with E-state index in [0.717, 1.165) is 56.6 Å². The molecule has 0 spiro atoms. The summed E-state index contributed by atoms with van der Waals surface area (Å²) >= 11 is 0. The van der Waals surface area contributed by atoms with Crippen molar-refractivity contribution in [3.8, 4) is 0 Å². The van der Waals surface area contributed by atoms with Gasteiger partial charge >= 0.3 is 0 Å². The molecule has 2 saturated heterocycles. The quantitative estimate of drug-likeness (QED) is 0.873. The van der Waals surface area contributed by atoms with Crippen molar-refractivity contribution in [2.45, 2.75) is 51.1 Å². The number of carbonyl (C=O) groups is 1. The van der Waals surface area contributed by atoms with Crippen LogP contribution in [0.2, 0.25) is 0 Å². The minimum absolute atomic E-state index is 0.0273. The smallest absolute Gasteiger partial charge is 0.267 e. The summed E-state index contributed by atoms with van der Waals surface area (Å²) in [4.78, 5) is 26.4. The van der Waals surface area contributed by atoms with Crippen LogP contribution in [0.15, 0.2) is 10.9 Å². The zero-order chi connectivity index (χ0) is 15.8. The SMILES string of the molecule is O=C1NCCCC1N1CC(Cn2nc3c(cc2=O)CCCC3)C1. The van der Waals surface area contributed by atoms with Gasteiger partial charge < -0.3 is 5.32 Å². The van der Waals surface area contributed by atoms with E-state index in [1.807, 2.05) is 0 Å². The second-order valence-electron chi connectivity index (χ2n) is 7.11. The molecule has 1 aromatic rings. The van der Waals surface area contributed by atoms with Crippen molar-refractivity contribution in [1.29, 1.82) is 0 Å². The second-order valence-corrected chi connectivity index (χ2v) is 7.11. The van der Waals surface area contributed by atoms with E-state index in [4.69, 9.17) is 0 Å². The number of likely N-dealkylation sites (tertiary alicyclic amines) is 1. The molecule has 1 atom stereocenters. The van der Waals surface area contributed by atoms with E-state index in [9.17, 15) is 9.59 Å². The second kappa shape index (κ2) is 6.07. The van der Waals surface area contributed by atoms with Crippen molar-refractivity contribution in [2.24, 2.45) is 5.92 Å². The Hall–Kier alpha value is -1.69. The summed E-state index contributed by atoms with van der Waals surface area (Å²) in [6.45, 7) is 3.27. The summed E-state index contributed by atoms with van der Waals surface area (Å²) in [5.74, 6) is 0.593. The molecule has 6 heteroatoms. The van der Waals surface area contributed by atoms with Gasteiger partial charge in [0.1, 0.15) is 0 Å². The Labute approximate surface area is 135 Å². The summed E-state index contributed by atoms with van der Waals surface area (Å²) in [6, 6.07) is 1.82. The third-order valence-electron chi connectivity index (χ3n) is 5.39. The maximum Gasteiger partial charge on any atom is 0.267 e. The first-order chi connectivity index (χ1) is 11.2. The molecule has 6 nitrogen and oxygen atoms in total. The van der Waals surface area contributed by atoms with Crippen molar-refractivity contribution in [3.05, 3.63) is 27.7 Å². The molecule has 0 saturated carbocycles. The van der Waals surface area contributed by atoms with Crippen molar-refractivity contribution < 1.29 is 4.79 Å². The van der Waals surface area contributed by atoms with Crippen LogP contribution >= 0.6 is 0 Å². The Kier molecular flexibility index (Phi) is 3.93. The van der Waals surface area contributed by atoms with E-state index in [1.165, 1.54) is 12.8 Å². The van der Waals surface area contributed by atoms with Gasteiger partial charge in [-0.2, -0.15) is 5.10 Å². The summed E-state index contributed by atoms with van der Waals surface area (Å²) < 4.78 is 1.65. The average molecular weight is 316 g/mol. The number of aromatic nitrogens is 2. The zero-order valence-electron chi connectivity index (χ0n) is 13.5. The minimum atomic E-state index is 0.0273. The lowest BCUT2D eigenvalue weighted by molar-refractivity contribution is -0.131. The van der Waals surface area contributed by atoms with Gasteiger partial charge in [-0.3, -0.25) is 14.5 Å². The lowest BCUT2D eigenvalue weighted by atomic mass is 9.93. The van der Waals surface area contributed by atoms with Gasteiger partial charge in [-0.1, -0.05) is 0 Å². The van der Waals surface area contributed by atoms with Gasteiger partial charge in [-0.15, -0.1) is 0 Å². The highest BCUT2D eigenvalue weighted by molar-refractivity contribution is 5.82. The molecule has 3 heterocycles. The van der Waals surface area contributed by atoms with Gasteiger partial charge in [0.05, 0.1) is 18.3 Å². The number of fused-ring (bicyclic) bond motifs is 1. The zero-order valence-corrected chi connectivity index (χ0v) is 13.5. The number of aryl methyl sites for hydroxylation is 2. The standard InChI is InChI=1S/C17H24N4O2/c22-16-8-13-4-1-2-5-14(13)19-21(16)11-12-9-20(10-12)15-6-3-7-18-17(15)23/h8,12,15H,1-7,9-11H2,(H,18,23). The van der Waals surface area contributed by atoms with Gasteiger partial charge in [-0.25, -0.2) is 4.68 Å². The summed E-state index contributed by atoms with van der Waals surface area (Å²) in [5.41, 5.74) is 2.28. The largest absolute Gasteiger partial charge is 0.355 e. The normalized spacial score (nSPS) is 25.6. The molecular formula is C17H24N4O2. The Morgan fingerprint density at radius 1 is 1.17 bits per heavy atom. The van der Waals surface area contributed by atoms with Crippen LogP contribution in [0.25, 0.3) is 0 Å². The molecule has 3 aliphatic rings. The first-order valence-corrected chi connectivity index (χ1v) is 8.82. The summed E-state index contributed by atoms with van der Waals surface area (Å²) in [5, 5.41) is 7.53. The Morgan fingerprint density at radius 2 is 2.00 bits per heavy atom. The average Bonchev–Trinajstić information content (AvgIpc) is 2.52. The molecule has 0 bridgehead atoms. The molecule has 1 aliphatic carbocycles. The number of amides is 1. The van der Waals surface area contributed by atoms with Crippen molar-refractivity contribution in [1.82, 2.24) is 20.0 Å². The molecule has 1 aromatic heterocycles. The van der Waals surface area contributed by atoms with E-state index >= 15 is 0 Å². The Morgan fingerprint density at radius 3 is 2.83 bits per heavy atom. The molecule has 1 N–H and O–H groups in total. The molecular weight excluding hydrogens is 292 g/mol. The van der Waals surface area contributed by atoms with Gasteiger partial charge in [0.15, 0.2) is 0 Å². The molecule has 0 aromatic carbocycles. The lowest BCUT2D eigenvalue weighted by Crippen LogP contribution is -2.60. The Balaban J connectivity index is 1.39. The molecule has 124 valence electrons. The van der Waals surface area contributed by atoms with Crippen molar-refractivity contribution in [3.63, 3.8) is 0 Å². The van der Waals surface area contributed by atoms with Gasteiger partial charge in [0.25, 0.3) is 5.56 Å². The number of hydrogen-bond donors (Lipinski definition) is 1. The molecule has 4 rings (SSSR count). The number of piperidine rings is 1. The number of rotatable bonds is 3. The number of carbonyl (C=O) groups excluding carboxylic acids is 1. The molecule has 1 unspecified atom stereocenters. The van der Waals surface area contributed by atoms with E-state index in [0.29, 0.717) is 12.5 Å². The number of nitrogens with zero attached hydrogens (tertiary/aromatic N) is 3. The molecule has 2 aliphatic heterocycles. The fourth-order valence-corrected chi connectivity index (χ4v) is 4.06. The molecule has 0 radical (unpaired) electrons. The van der Waals surface area contributed by atoms with Crippen molar-refractivity contribution >= 4 is 5.91 Å². The maximum atomic E-state index is 12.2. The minimum Gasteiger partial charge on any atom is -0.355 e. The topological polar surface area (TPSA) is 67.2 Å². The molecule has 23 heavy (non-hydrogen) atoms. The highest BCUT2D eigenvalue weighted by Gasteiger charge is 2.37. The first kappa shape index (κ1) is 14.9. The predicted molar refractivity (Wildman–Crippen MR) is 86.2 cm³/mol. The van der Waals surface area contributed by atoms with Crippen LogP contribution in [-0.2, 0) is 24.2 Å². The van der Waals surface area contributed by atoms with Crippen LogP contribution in [0.1, 0.15) is 36.9 Å². The third kappa shape index (κ3) is 2.92. The Bertz CT molecular complexity index is 663. The van der Waals surface area contributed by atoms with Crippen LogP contribution in [0.3, 0.4) is 0 Å². The third-order valence-corrected chi connectivity index (χ3v) is 5.39. The fraction of sp³-hybridized carbons (Fsp3) is 0.706. The highest BCUT2D eigenvalue weighted by Crippen LogP contribution is 2.24. The van der Waals surface area contributed by atoms with Gasteiger partial charge in [0, 0.05) is 31.6 Å². The van der Waals surface area contributed by atoms with Crippen LogP contribution in [0, 0.1) is 5.92 Å². The van der Waals surface area contributed by atoms with E-state index < -0.39 is 0 Å². The van der Waals surface area contributed by atoms with Gasteiger partial charge in [-0.05, 0) is 44.1 Å². The lowest BCUT2D eigenvalue weighted by Gasteiger charge is -2.44. The monoisotopic (exact) mass is 316 g/mol. The van der Waals surface area contributed by atoms with Crippen LogP contribution in [0.4, 0.5) is 0 Å². The van der Waals surface area contributed by atoms with Gasteiger partial charge in [0.2, 0.25) is 5.91 Å². The molecule has 1 amide bonds. The predicted octanol–water partition coefficient (Wildman–Crippen LogP) is 0.332. The fourth-order valence-electron chi connectivity index (χ4n) is 4.06. The van der Waals surface area contributed by atoms with E-state index in [2.05, 4.69) is 15.3 Å². The van der Waals surface area contributed by atoms with Crippen LogP contribution < -0.4 is 10.9 Å².